The number of rotatable bonds is 8. The third-order valence-electron chi connectivity index (χ3n) is 3.39. The summed E-state index contributed by atoms with van der Waals surface area (Å²) in [5.74, 6) is 1.23. The lowest BCUT2D eigenvalue weighted by molar-refractivity contribution is 0.254. The molecule has 0 amide bonds. The van der Waals surface area contributed by atoms with Crippen molar-refractivity contribution >= 4 is 11.8 Å². The van der Waals surface area contributed by atoms with Gasteiger partial charge in [-0.15, -0.1) is 11.8 Å². The van der Waals surface area contributed by atoms with Gasteiger partial charge >= 0.3 is 0 Å². The Balaban J connectivity index is 2.18. The van der Waals surface area contributed by atoms with Gasteiger partial charge in [-0.25, -0.2) is 0 Å². The van der Waals surface area contributed by atoms with Gasteiger partial charge in [0, 0.05) is 10.9 Å². The summed E-state index contributed by atoms with van der Waals surface area (Å²) in [6, 6.07) is 11.3. The van der Waals surface area contributed by atoms with Crippen LogP contribution < -0.4 is 5.32 Å². The van der Waals surface area contributed by atoms with Crippen molar-refractivity contribution in [1.29, 1.82) is 0 Å². The van der Waals surface area contributed by atoms with Crippen molar-refractivity contribution in [3.05, 3.63) is 30.3 Å². The van der Waals surface area contributed by atoms with Gasteiger partial charge in [0.15, 0.2) is 0 Å². The Morgan fingerprint density at radius 2 is 1.79 bits per heavy atom. The second kappa shape index (κ2) is 8.65. The van der Waals surface area contributed by atoms with Crippen LogP contribution in [0.2, 0.25) is 0 Å². The molecule has 1 atom stereocenters. The van der Waals surface area contributed by atoms with E-state index in [1.165, 1.54) is 29.9 Å². The molecule has 0 fully saturated rings. The predicted molar refractivity (Wildman–Crippen MR) is 87.9 cm³/mol. The van der Waals surface area contributed by atoms with Crippen molar-refractivity contribution in [3.63, 3.8) is 0 Å². The van der Waals surface area contributed by atoms with Crippen molar-refractivity contribution in [3.8, 4) is 0 Å². The maximum atomic E-state index is 3.62. The smallest absolute Gasteiger partial charge is 0.0115 e. The molecule has 0 spiro atoms. The van der Waals surface area contributed by atoms with Gasteiger partial charge in [-0.05, 0) is 42.7 Å². The van der Waals surface area contributed by atoms with Crippen molar-refractivity contribution in [1.82, 2.24) is 5.32 Å². The SMILES string of the molecule is CCNC(CCCCSc1ccccc1)C(C)(C)C. The standard InChI is InChI=1S/C17H29NS/c1-5-18-16(17(2,3)4)13-9-10-14-19-15-11-7-6-8-12-15/h6-8,11-12,16,18H,5,9-10,13-14H2,1-4H3. The Hall–Kier alpha value is -0.470. The first-order valence-electron chi connectivity index (χ1n) is 7.45. The molecule has 0 saturated carbocycles. The highest BCUT2D eigenvalue weighted by molar-refractivity contribution is 7.99. The van der Waals surface area contributed by atoms with E-state index in [0.717, 1.165) is 6.54 Å². The molecule has 1 rings (SSSR count). The lowest BCUT2D eigenvalue weighted by Crippen LogP contribution is -2.40. The number of hydrogen-bond acceptors (Lipinski definition) is 2. The van der Waals surface area contributed by atoms with Gasteiger partial charge in [-0.2, -0.15) is 0 Å². The zero-order valence-electron chi connectivity index (χ0n) is 12.9. The molecule has 2 heteroatoms. The Bertz CT molecular complexity index is 329. The van der Waals surface area contributed by atoms with E-state index in [4.69, 9.17) is 0 Å². The third-order valence-corrected chi connectivity index (χ3v) is 4.49. The maximum absolute atomic E-state index is 3.62. The molecule has 1 aromatic rings. The van der Waals surface area contributed by atoms with Crippen LogP contribution in [-0.2, 0) is 0 Å². The molecule has 0 saturated heterocycles. The van der Waals surface area contributed by atoms with Crippen LogP contribution in [0.25, 0.3) is 0 Å². The Morgan fingerprint density at radius 3 is 2.37 bits per heavy atom. The number of benzene rings is 1. The fraction of sp³-hybridized carbons (Fsp3) is 0.647. The number of unbranched alkanes of at least 4 members (excludes halogenated alkanes) is 1. The first kappa shape index (κ1) is 16.6. The molecule has 1 nitrogen and oxygen atoms in total. The van der Waals surface area contributed by atoms with Crippen LogP contribution in [-0.4, -0.2) is 18.3 Å². The minimum absolute atomic E-state index is 0.364. The largest absolute Gasteiger partial charge is 0.314 e. The van der Waals surface area contributed by atoms with E-state index in [2.05, 4.69) is 63.3 Å². The lowest BCUT2D eigenvalue weighted by atomic mass is 9.84. The van der Waals surface area contributed by atoms with Gasteiger partial charge in [0.05, 0.1) is 0 Å². The van der Waals surface area contributed by atoms with Crippen LogP contribution in [0.5, 0.6) is 0 Å². The fourth-order valence-electron chi connectivity index (χ4n) is 2.24. The summed E-state index contributed by atoms with van der Waals surface area (Å²) in [4.78, 5) is 1.39. The highest BCUT2D eigenvalue weighted by atomic mass is 32.2. The van der Waals surface area contributed by atoms with Crippen LogP contribution in [0.1, 0.15) is 47.0 Å². The summed E-state index contributed by atoms with van der Waals surface area (Å²) in [5, 5.41) is 3.62. The second-order valence-corrected chi connectivity index (χ2v) is 7.30. The molecule has 0 aromatic heterocycles. The summed E-state index contributed by atoms with van der Waals surface area (Å²) >= 11 is 1.97. The summed E-state index contributed by atoms with van der Waals surface area (Å²) in [7, 11) is 0. The van der Waals surface area contributed by atoms with Crippen LogP contribution in [0.3, 0.4) is 0 Å². The van der Waals surface area contributed by atoms with E-state index in [9.17, 15) is 0 Å². The van der Waals surface area contributed by atoms with Crippen molar-refractivity contribution in [2.24, 2.45) is 5.41 Å². The highest BCUT2D eigenvalue weighted by Crippen LogP contribution is 2.24. The summed E-state index contributed by atoms with van der Waals surface area (Å²) in [6.45, 7) is 10.3. The summed E-state index contributed by atoms with van der Waals surface area (Å²) in [5.41, 5.74) is 0.364. The average molecular weight is 279 g/mol. The van der Waals surface area contributed by atoms with Crippen molar-refractivity contribution in [2.45, 2.75) is 57.9 Å². The van der Waals surface area contributed by atoms with Gasteiger partial charge in [-0.3, -0.25) is 0 Å². The van der Waals surface area contributed by atoms with E-state index in [1.54, 1.807) is 0 Å². The van der Waals surface area contributed by atoms with E-state index in [-0.39, 0.29) is 0 Å². The molecule has 0 aliphatic carbocycles. The molecule has 19 heavy (non-hydrogen) atoms. The molecule has 0 aliphatic rings. The molecule has 108 valence electrons. The minimum atomic E-state index is 0.364. The summed E-state index contributed by atoms with van der Waals surface area (Å²) in [6.07, 6.45) is 3.90. The predicted octanol–water partition coefficient (Wildman–Crippen LogP) is 4.97. The lowest BCUT2D eigenvalue weighted by Gasteiger charge is -2.31. The summed E-state index contributed by atoms with van der Waals surface area (Å²) < 4.78 is 0. The molecule has 0 bridgehead atoms. The van der Waals surface area contributed by atoms with Gasteiger partial charge in [0.2, 0.25) is 0 Å². The molecule has 0 radical (unpaired) electrons. The minimum Gasteiger partial charge on any atom is -0.314 e. The van der Waals surface area contributed by atoms with E-state index >= 15 is 0 Å². The van der Waals surface area contributed by atoms with Crippen LogP contribution in [0, 0.1) is 5.41 Å². The van der Waals surface area contributed by atoms with E-state index < -0.39 is 0 Å². The molecule has 1 N–H and O–H groups in total. The number of nitrogens with one attached hydrogen (secondary N) is 1. The van der Waals surface area contributed by atoms with Crippen LogP contribution in [0.4, 0.5) is 0 Å². The van der Waals surface area contributed by atoms with Crippen molar-refractivity contribution in [2.75, 3.05) is 12.3 Å². The molecule has 0 aliphatic heterocycles. The molecule has 0 heterocycles. The molecular formula is C17H29NS. The maximum Gasteiger partial charge on any atom is 0.0115 e. The Morgan fingerprint density at radius 1 is 1.11 bits per heavy atom. The van der Waals surface area contributed by atoms with Crippen molar-refractivity contribution < 1.29 is 0 Å². The average Bonchev–Trinajstić information content (AvgIpc) is 2.37. The Kier molecular flexibility index (Phi) is 7.55. The second-order valence-electron chi connectivity index (χ2n) is 6.13. The zero-order valence-corrected chi connectivity index (χ0v) is 13.7. The third kappa shape index (κ3) is 7.03. The van der Waals surface area contributed by atoms with Gasteiger partial charge in [-0.1, -0.05) is 52.3 Å². The van der Waals surface area contributed by atoms with Gasteiger partial charge in [0.1, 0.15) is 0 Å². The van der Waals surface area contributed by atoms with Gasteiger partial charge < -0.3 is 5.32 Å². The van der Waals surface area contributed by atoms with E-state index in [1.807, 2.05) is 11.8 Å². The van der Waals surface area contributed by atoms with Crippen LogP contribution >= 0.6 is 11.8 Å². The number of hydrogen-bond donors (Lipinski definition) is 1. The number of thioether (sulfide) groups is 1. The Labute approximate surface area is 123 Å². The van der Waals surface area contributed by atoms with E-state index in [0.29, 0.717) is 11.5 Å². The topological polar surface area (TPSA) is 12.0 Å². The molecule has 1 unspecified atom stereocenters. The first-order valence-corrected chi connectivity index (χ1v) is 8.44. The van der Waals surface area contributed by atoms with Crippen LogP contribution in [0.15, 0.2) is 35.2 Å². The normalized spacial score (nSPS) is 13.5. The molecular weight excluding hydrogens is 250 g/mol. The quantitative estimate of drug-likeness (QED) is 0.532. The van der Waals surface area contributed by atoms with Gasteiger partial charge in [0.25, 0.3) is 0 Å². The fourth-order valence-corrected chi connectivity index (χ4v) is 3.18. The molecule has 1 aromatic carbocycles. The zero-order chi connectivity index (χ0) is 14.1. The first-order chi connectivity index (χ1) is 9.04. The monoisotopic (exact) mass is 279 g/mol. The highest BCUT2D eigenvalue weighted by Gasteiger charge is 2.22.